The Morgan fingerprint density at radius 3 is 2.00 bits per heavy atom. The van der Waals surface area contributed by atoms with Crippen LogP contribution in [0.3, 0.4) is 0 Å². The quantitative estimate of drug-likeness (QED) is 0.289. The van der Waals surface area contributed by atoms with E-state index in [1.165, 1.54) is 28.6 Å². The molecule has 0 bridgehead atoms. The van der Waals surface area contributed by atoms with E-state index in [0.717, 1.165) is 29.1 Å². The van der Waals surface area contributed by atoms with Crippen LogP contribution in [0.15, 0.2) is 82.6 Å². The van der Waals surface area contributed by atoms with Gasteiger partial charge in [0.25, 0.3) is 10.0 Å². The van der Waals surface area contributed by atoms with E-state index in [1.807, 2.05) is 13.8 Å². The molecule has 1 heterocycles. The summed E-state index contributed by atoms with van der Waals surface area (Å²) in [6, 6.07) is 19.2. The smallest absolute Gasteiger partial charge is 0.264 e. The number of hydrogen-bond acceptors (Lipinski definition) is 7. The van der Waals surface area contributed by atoms with Crippen molar-refractivity contribution in [2.24, 2.45) is 0 Å². The third kappa shape index (κ3) is 7.81. The van der Waals surface area contributed by atoms with Gasteiger partial charge in [-0.1, -0.05) is 24.1 Å². The van der Waals surface area contributed by atoms with Gasteiger partial charge in [-0.3, -0.25) is 9.10 Å². The van der Waals surface area contributed by atoms with Gasteiger partial charge in [-0.15, -0.1) is 0 Å². The summed E-state index contributed by atoms with van der Waals surface area (Å²) >= 11 is 0. The Morgan fingerprint density at radius 1 is 0.810 bits per heavy atom. The second-order valence-corrected chi connectivity index (χ2v) is 13.7. The van der Waals surface area contributed by atoms with Crippen molar-refractivity contribution in [1.82, 2.24) is 9.62 Å². The first-order chi connectivity index (χ1) is 20.1. The van der Waals surface area contributed by atoms with Crippen LogP contribution in [0.2, 0.25) is 0 Å². The molecule has 0 atom stereocenters. The number of aryl methyl sites for hydroxylation is 1. The lowest BCUT2D eigenvalue weighted by Crippen LogP contribution is -2.41. The Balaban J connectivity index is 1.36. The van der Waals surface area contributed by atoms with Crippen LogP contribution in [0.4, 0.5) is 5.69 Å². The maximum Gasteiger partial charge on any atom is 0.264 e. The van der Waals surface area contributed by atoms with E-state index in [-0.39, 0.29) is 22.9 Å². The maximum atomic E-state index is 13.5. The highest BCUT2D eigenvalue weighted by molar-refractivity contribution is 7.92. The molecule has 1 N–H and O–H groups in total. The van der Waals surface area contributed by atoms with E-state index in [0.29, 0.717) is 36.9 Å². The first-order valence-electron chi connectivity index (χ1n) is 13.9. The standard InChI is InChI=1S/C30H37N3O7S2/c1-3-39-26-11-9-25(10-12-26)33(42(37,38)29-15-7-24(2)8-16-29)23-30(34)31-19-22-40-27-13-17-28(18-14-27)41(35,36)32-20-5-4-6-21-32/h7-18H,3-6,19-23H2,1-2H3,(H,31,34). The molecule has 0 radical (unpaired) electrons. The van der Waals surface area contributed by atoms with E-state index in [9.17, 15) is 21.6 Å². The second-order valence-electron chi connectivity index (χ2n) is 9.89. The largest absolute Gasteiger partial charge is 0.494 e. The van der Waals surface area contributed by atoms with E-state index >= 15 is 0 Å². The van der Waals surface area contributed by atoms with Gasteiger partial charge in [0.05, 0.1) is 28.6 Å². The Kier molecular flexibility index (Phi) is 10.5. The predicted molar refractivity (Wildman–Crippen MR) is 161 cm³/mol. The van der Waals surface area contributed by atoms with Crippen molar-refractivity contribution >= 4 is 31.6 Å². The number of piperidine rings is 1. The number of nitrogens with one attached hydrogen (secondary N) is 1. The normalized spacial score (nSPS) is 14.2. The summed E-state index contributed by atoms with van der Waals surface area (Å²) in [6.07, 6.45) is 2.77. The van der Waals surface area contributed by atoms with Crippen molar-refractivity contribution in [2.45, 2.75) is 42.9 Å². The summed E-state index contributed by atoms with van der Waals surface area (Å²) in [4.78, 5) is 13.2. The molecule has 1 saturated heterocycles. The number of anilines is 1. The summed E-state index contributed by atoms with van der Waals surface area (Å²) in [5.74, 6) is 0.540. The molecule has 3 aromatic carbocycles. The molecular formula is C30H37N3O7S2. The number of ether oxygens (including phenoxy) is 2. The summed E-state index contributed by atoms with van der Waals surface area (Å²) in [7, 11) is -7.57. The summed E-state index contributed by atoms with van der Waals surface area (Å²) < 4.78 is 66.5. The lowest BCUT2D eigenvalue weighted by Gasteiger charge is -2.25. The number of benzene rings is 3. The van der Waals surface area contributed by atoms with Crippen LogP contribution in [0.5, 0.6) is 11.5 Å². The highest BCUT2D eigenvalue weighted by Gasteiger charge is 2.28. The topological polar surface area (TPSA) is 122 Å². The fraction of sp³-hybridized carbons (Fsp3) is 0.367. The molecule has 1 aliphatic rings. The molecule has 4 rings (SSSR count). The minimum absolute atomic E-state index is 0.0730. The molecule has 0 unspecified atom stereocenters. The molecule has 1 amide bonds. The number of hydrogen-bond donors (Lipinski definition) is 1. The van der Waals surface area contributed by atoms with Gasteiger partial charge in [-0.2, -0.15) is 4.31 Å². The first kappa shape index (κ1) is 31.3. The van der Waals surface area contributed by atoms with Crippen molar-refractivity contribution in [3.8, 4) is 11.5 Å². The molecule has 1 fully saturated rings. The third-order valence-electron chi connectivity index (χ3n) is 6.80. The van der Waals surface area contributed by atoms with Crippen molar-refractivity contribution < 1.29 is 31.1 Å². The van der Waals surface area contributed by atoms with Gasteiger partial charge in [0.15, 0.2) is 0 Å². The number of carbonyl (C=O) groups excluding carboxylic acids is 1. The van der Waals surface area contributed by atoms with Crippen LogP contribution in [0.1, 0.15) is 31.7 Å². The molecule has 3 aromatic rings. The number of amides is 1. The Labute approximate surface area is 248 Å². The minimum atomic E-state index is -4.04. The molecular weight excluding hydrogens is 578 g/mol. The molecule has 0 saturated carbocycles. The predicted octanol–water partition coefficient (Wildman–Crippen LogP) is 3.96. The zero-order chi connectivity index (χ0) is 30.2. The average Bonchev–Trinajstić information content (AvgIpc) is 2.99. The van der Waals surface area contributed by atoms with Gasteiger partial charge < -0.3 is 14.8 Å². The van der Waals surface area contributed by atoms with Crippen LogP contribution in [-0.2, 0) is 24.8 Å². The van der Waals surface area contributed by atoms with Gasteiger partial charge in [0.1, 0.15) is 24.7 Å². The van der Waals surface area contributed by atoms with Crippen LogP contribution in [0.25, 0.3) is 0 Å². The summed E-state index contributed by atoms with van der Waals surface area (Å²) in [6.45, 7) is 5.04. The van der Waals surface area contributed by atoms with E-state index < -0.39 is 32.5 Å². The monoisotopic (exact) mass is 615 g/mol. The highest BCUT2D eigenvalue weighted by atomic mass is 32.2. The van der Waals surface area contributed by atoms with Gasteiger partial charge >= 0.3 is 0 Å². The Morgan fingerprint density at radius 2 is 1.38 bits per heavy atom. The van der Waals surface area contributed by atoms with Crippen molar-refractivity contribution in [2.75, 3.05) is 43.7 Å². The number of carbonyl (C=O) groups is 1. The lowest BCUT2D eigenvalue weighted by atomic mass is 10.2. The maximum absolute atomic E-state index is 13.5. The fourth-order valence-corrected chi connectivity index (χ4v) is 7.47. The summed E-state index contributed by atoms with van der Waals surface area (Å²) in [5, 5.41) is 2.70. The Bertz CT molecular complexity index is 1540. The zero-order valence-electron chi connectivity index (χ0n) is 23.9. The molecule has 12 heteroatoms. The van der Waals surface area contributed by atoms with Crippen molar-refractivity contribution in [3.05, 3.63) is 78.4 Å². The van der Waals surface area contributed by atoms with E-state index in [4.69, 9.17) is 9.47 Å². The molecule has 10 nitrogen and oxygen atoms in total. The van der Waals surface area contributed by atoms with Crippen molar-refractivity contribution in [3.63, 3.8) is 0 Å². The second kappa shape index (κ2) is 14.0. The molecule has 1 aliphatic heterocycles. The van der Waals surface area contributed by atoms with Crippen molar-refractivity contribution in [1.29, 1.82) is 0 Å². The van der Waals surface area contributed by atoms with Crippen LogP contribution >= 0.6 is 0 Å². The fourth-order valence-electron chi connectivity index (χ4n) is 4.54. The third-order valence-corrected chi connectivity index (χ3v) is 10.5. The molecule has 0 aliphatic carbocycles. The molecule has 0 spiro atoms. The molecule has 0 aromatic heterocycles. The Hall–Kier alpha value is -3.61. The number of rotatable bonds is 13. The number of nitrogens with zero attached hydrogens (tertiary/aromatic N) is 2. The van der Waals surface area contributed by atoms with Gasteiger partial charge in [0, 0.05) is 13.1 Å². The molecule has 226 valence electrons. The molecule has 42 heavy (non-hydrogen) atoms. The minimum Gasteiger partial charge on any atom is -0.494 e. The van der Waals surface area contributed by atoms with Crippen LogP contribution in [-0.4, -0.2) is 66.4 Å². The van der Waals surface area contributed by atoms with E-state index in [2.05, 4.69) is 5.32 Å². The summed E-state index contributed by atoms with van der Waals surface area (Å²) in [5.41, 5.74) is 1.24. The highest BCUT2D eigenvalue weighted by Crippen LogP contribution is 2.26. The van der Waals surface area contributed by atoms with Gasteiger partial charge in [-0.05, 0) is 87.4 Å². The average molecular weight is 616 g/mol. The lowest BCUT2D eigenvalue weighted by molar-refractivity contribution is -0.119. The first-order valence-corrected chi connectivity index (χ1v) is 16.8. The van der Waals surface area contributed by atoms with Gasteiger partial charge in [-0.25, -0.2) is 16.8 Å². The van der Waals surface area contributed by atoms with Crippen LogP contribution < -0.4 is 19.1 Å². The zero-order valence-corrected chi connectivity index (χ0v) is 25.5. The van der Waals surface area contributed by atoms with Gasteiger partial charge in [0.2, 0.25) is 15.9 Å². The SMILES string of the molecule is CCOc1ccc(N(CC(=O)NCCOc2ccc(S(=O)(=O)N3CCCCC3)cc2)S(=O)(=O)c2ccc(C)cc2)cc1. The number of sulfonamides is 2. The van der Waals surface area contributed by atoms with E-state index in [1.54, 1.807) is 48.5 Å². The van der Waals surface area contributed by atoms with Crippen LogP contribution in [0, 0.1) is 6.92 Å².